The topological polar surface area (TPSA) is 92.5 Å². The molecule has 1 aliphatic heterocycles. The van der Waals surface area contributed by atoms with Crippen molar-refractivity contribution in [2.45, 2.75) is 13.5 Å². The largest absolute Gasteiger partial charge is 0.399 e. The number of carbonyl (C=O) groups excluding carboxylic acids is 1. The molecule has 0 radical (unpaired) electrons. The Morgan fingerprint density at radius 1 is 1.47 bits per heavy atom. The van der Waals surface area contributed by atoms with Crippen molar-refractivity contribution in [1.82, 2.24) is 9.03 Å². The van der Waals surface area contributed by atoms with E-state index in [9.17, 15) is 13.2 Å². The highest BCUT2D eigenvalue weighted by atomic mass is 32.2. The predicted molar refractivity (Wildman–Crippen MR) is 63.1 cm³/mol. The molecule has 1 aromatic rings. The van der Waals surface area contributed by atoms with Crippen LogP contribution in [0.4, 0.5) is 5.69 Å². The van der Waals surface area contributed by atoms with Crippen LogP contribution in [-0.2, 0) is 21.5 Å². The Kier molecular flexibility index (Phi) is 2.80. The summed E-state index contributed by atoms with van der Waals surface area (Å²) in [6, 6.07) is 5.33. The smallest absolute Gasteiger partial charge is 0.304 e. The van der Waals surface area contributed by atoms with Gasteiger partial charge in [0.2, 0.25) is 5.91 Å². The maximum atomic E-state index is 11.5. The molecule has 1 saturated heterocycles. The summed E-state index contributed by atoms with van der Waals surface area (Å²) in [5.74, 6) is -0.509. The van der Waals surface area contributed by atoms with Crippen LogP contribution in [0.2, 0.25) is 0 Å². The molecular formula is C10H13N3O3S. The number of hydrogen-bond donors (Lipinski definition) is 2. The molecule has 0 saturated carbocycles. The van der Waals surface area contributed by atoms with Crippen LogP contribution in [-0.4, -0.2) is 25.2 Å². The van der Waals surface area contributed by atoms with E-state index < -0.39 is 16.1 Å². The van der Waals surface area contributed by atoms with E-state index in [-0.39, 0.29) is 13.1 Å². The van der Waals surface area contributed by atoms with E-state index in [1.54, 1.807) is 12.1 Å². The Balaban J connectivity index is 2.21. The summed E-state index contributed by atoms with van der Waals surface area (Å²) in [5, 5.41) is 0. The molecule has 1 aromatic carbocycles. The van der Waals surface area contributed by atoms with Crippen LogP contribution in [0.3, 0.4) is 0 Å². The minimum absolute atomic E-state index is 0.143. The number of rotatable bonds is 2. The van der Waals surface area contributed by atoms with Gasteiger partial charge in [0.1, 0.15) is 0 Å². The summed E-state index contributed by atoms with van der Waals surface area (Å²) in [6.07, 6.45) is 0. The Hall–Kier alpha value is -1.60. The Labute approximate surface area is 99.6 Å². The van der Waals surface area contributed by atoms with Crippen LogP contribution in [0, 0.1) is 6.92 Å². The van der Waals surface area contributed by atoms with Crippen molar-refractivity contribution in [2.75, 3.05) is 12.3 Å². The van der Waals surface area contributed by atoms with E-state index in [1.165, 1.54) is 0 Å². The van der Waals surface area contributed by atoms with Crippen LogP contribution < -0.4 is 10.5 Å². The van der Waals surface area contributed by atoms with E-state index >= 15 is 0 Å². The van der Waals surface area contributed by atoms with Gasteiger partial charge in [0.25, 0.3) is 0 Å². The van der Waals surface area contributed by atoms with Gasteiger partial charge in [0, 0.05) is 12.2 Å². The number of nitrogen functional groups attached to an aromatic ring is 1. The lowest BCUT2D eigenvalue weighted by Crippen LogP contribution is -2.29. The molecule has 1 aliphatic rings. The number of anilines is 1. The molecule has 7 heteroatoms. The Bertz CT molecular complexity index is 568. The minimum atomic E-state index is -3.66. The van der Waals surface area contributed by atoms with Crippen LogP contribution in [0.15, 0.2) is 18.2 Å². The first-order valence-electron chi connectivity index (χ1n) is 5.04. The second kappa shape index (κ2) is 4.01. The third-order valence-electron chi connectivity index (χ3n) is 2.61. The van der Waals surface area contributed by atoms with Gasteiger partial charge in [-0.25, -0.2) is 4.72 Å². The number of benzene rings is 1. The number of carbonyl (C=O) groups is 1. The molecule has 3 N–H and O–H groups in total. The van der Waals surface area contributed by atoms with E-state index in [4.69, 9.17) is 5.73 Å². The van der Waals surface area contributed by atoms with E-state index in [0.29, 0.717) is 5.69 Å². The molecule has 1 amide bonds. The lowest BCUT2D eigenvalue weighted by molar-refractivity contribution is -0.118. The zero-order valence-electron chi connectivity index (χ0n) is 9.30. The fourth-order valence-electron chi connectivity index (χ4n) is 1.62. The molecule has 2 rings (SSSR count). The second-order valence-electron chi connectivity index (χ2n) is 3.99. The maximum absolute atomic E-state index is 11.5. The average molecular weight is 255 g/mol. The highest BCUT2D eigenvalue weighted by molar-refractivity contribution is 7.88. The summed E-state index contributed by atoms with van der Waals surface area (Å²) in [4.78, 5) is 11.0. The molecule has 0 bridgehead atoms. The fraction of sp³-hybridized carbons (Fsp3) is 0.300. The minimum Gasteiger partial charge on any atom is -0.399 e. The second-order valence-corrected chi connectivity index (χ2v) is 5.66. The lowest BCUT2D eigenvalue weighted by Gasteiger charge is -2.12. The molecule has 17 heavy (non-hydrogen) atoms. The molecule has 0 unspecified atom stereocenters. The standard InChI is InChI=1S/C10H13N3O3S/c1-7-2-3-8(4-9(7)11)5-13-6-10(14)12-17(13,15)16/h2-4H,5-6,11H2,1H3,(H,12,14). The van der Waals surface area contributed by atoms with Gasteiger partial charge in [0.15, 0.2) is 0 Å². The quantitative estimate of drug-likeness (QED) is 0.713. The first-order chi connectivity index (χ1) is 7.88. The molecule has 0 aromatic heterocycles. The van der Waals surface area contributed by atoms with Crippen LogP contribution in [0.5, 0.6) is 0 Å². The summed E-state index contributed by atoms with van der Waals surface area (Å²) >= 11 is 0. The van der Waals surface area contributed by atoms with Gasteiger partial charge in [0.05, 0.1) is 6.54 Å². The van der Waals surface area contributed by atoms with Gasteiger partial charge < -0.3 is 5.73 Å². The Morgan fingerprint density at radius 2 is 2.18 bits per heavy atom. The zero-order chi connectivity index (χ0) is 12.6. The highest BCUT2D eigenvalue weighted by Gasteiger charge is 2.33. The number of hydrogen-bond acceptors (Lipinski definition) is 4. The summed E-state index contributed by atoms with van der Waals surface area (Å²) in [6.45, 7) is 1.87. The molecule has 92 valence electrons. The maximum Gasteiger partial charge on any atom is 0.304 e. The number of nitrogens with one attached hydrogen (secondary N) is 1. The van der Waals surface area contributed by atoms with Crippen molar-refractivity contribution < 1.29 is 13.2 Å². The van der Waals surface area contributed by atoms with Crippen molar-refractivity contribution >= 4 is 21.8 Å². The zero-order valence-corrected chi connectivity index (χ0v) is 10.1. The molecule has 1 heterocycles. The highest BCUT2D eigenvalue weighted by Crippen LogP contribution is 2.17. The lowest BCUT2D eigenvalue weighted by atomic mass is 10.1. The van der Waals surface area contributed by atoms with Crippen LogP contribution in [0.1, 0.15) is 11.1 Å². The van der Waals surface area contributed by atoms with Crippen molar-refractivity contribution in [3.05, 3.63) is 29.3 Å². The number of nitrogens with two attached hydrogens (primary N) is 1. The molecule has 1 fully saturated rings. The molecule has 6 nitrogen and oxygen atoms in total. The van der Waals surface area contributed by atoms with E-state index in [0.717, 1.165) is 15.4 Å². The van der Waals surface area contributed by atoms with E-state index in [1.807, 2.05) is 17.7 Å². The monoisotopic (exact) mass is 255 g/mol. The Morgan fingerprint density at radius 3 is 2.71 bits per heavy atom. The number of amides is 1. The van der Waals surface area contributed by atoms with E-state index in [2.05, 4.69) is 0 Å². The average Bonchev–Trinajstić information content (AvgIpc) is 2.46. The predicted octanol–water partition coefficient (Wildman–Crippen LogP) is -0.246. The van der Waals surface area contributed by atoms with Crippen LogP contribution in [0.25, 0.3) is 0 Å². The summed E-state index contributed by atoms with van der Waals surface area (Å²) in [7, 11) is -3.66. The summed E-state index contributed by atoms with van der Waals surface area (Å²) < 4.78 is 26.0. The van der Waals surface area contributed by atoms with Crippen molar-refractivity contribution in [2.24, 2.45) is 0 Å². The molecule has 0 aliphatic carbocycles. The molecule has 0 spiro atoms. The van der Waals surface area contributed by atoms with Crippen molar-refractivity contribution in [3.8, 4) is 0 Å². The third-order valence-corrected chi connectivity index (χ3v) is 4.03. The molecule has 0 atom stereocenters. The van der Waals surface area contributed by atoms with Gasteiger partial charge in [-0.05, 0) is 24.1 Å². The van der Waals surface area contributed by atoms with Gasteiger partial charge in [-0.2, -0.15) is 12.7 Å². The molecular weight excluding hydrogens is 242 g/mol. The van der Waals surface area contributed by atoms with Crippen molar-refractivity contribution in [3.63, 3.8) is 0 Å². The first kappa shape index (κ1) is 11.9. The fourth-order valence-corrected chi connectivity index (χ4v) is 2.71. The number of aryl methyl sites for hydroxylation is 1. The van der Waals surface area contributed by atoms with Gasteiger partial charge in [-0.15, -0.1) is 0 Å². The normalized spacial score (nSPS) is 19.2. The number of nitrogens with zero attached hydrogens (tertiary/aromatic N) is 1. The first-order valence-corrected chi connectivity index (χ1v) is 6.48. The third kappa shape index (κ3) is 2.40. The summed E-state index contributed by atoms with van der Waals surface area (Å²) in [5.41, 5.74) is 8.04. The van der Waals surface area contributed by atoms with Crippen molar-refractivity contribution in [1.29, 1.82) is 0 Å². The van der Waals surface area contributed by atoms with Gasteiger partial charge in [-0.3, -0.25) is 4.79 Å². The SMILES string of the molecule is Cc1ccc(CN2CC(=O)NS2(=O)=O)cc1N. The van der Waals surface area contributed by atoms with Crippen LogP contribution >= 0.6 is 0 Å². The van der Waals surface area contributed by atoms with Gasteiger partial charge >= 0.3 is 10.2 Å². The van der Waals surface area contributed by atoms with Gasteiger partial charge in [-0.1, -0.05) is 12.1 Å².